The summed E-state index contributed by atoms with van der Waals surface area (Å²) in [6, 6.07) is 5.08. The maximum Gasteiger partial charge on any atom is 0.299 e. The van der Waals surface area contributed by atoms with Crippen molar-refractivity contribution < 1.29 is 14.4 Å². The highest BCUT2D eigenvalue weighted by atomic mass is 79.9. The number of hydrogen-bond donors (Lipinski definition) is 1. The molecule has 2 amide bonds. The molecule has 106 valence electrons. The SMILES string of the molecule is CC(C)(C)NC(=O)CN1C(=O)C(=O)c2c(Br)cccc21. The molecule has 6 heteroatoms. The van der Waals surface area contributed by atoms with Gasteiger partial charge in [0.25, 0.3) is 11.7 Å². The molecule has 0 aromatic heterocycles. The number of halogens is 1. The Balaban J connectivity index is 2.27. The van der Waals surface area contributed by atoms with Gasteiger partial charge in [-0.1, -0.05) is 6.07 Å². The summed E-state index contributed by atoms with van der Waals surface area (Å²) in [5.41, 5.74) is 0.406. The normalized spacial score (nSPS) is 14.5. The van der Waals surface area contributed by atoms with Crippen LogP contribution in [0.5, 0.6) is 0 Å². The minimum atomic E-state index is -0.670. The molecule has 0 saturated heterocycles. The fraction of sp³-hybridized carbons (Fsp3) is 0.357. The van der Waals surface area contributed by atoms with Crippen LogP contribution in [0.25, 0.3) is 0 Å². The van der Waals surface area contributed by atoms with Crippen LogP contribution in [0.4, 0.5) is 5.69 Å². The van der Waals surface area contributed by atoms with Gasteiger partial charge >= 0.3 is 0 Å². The largest absolute Gasteiger partial charge is 0.350 e. The third-order valence-corrected chi connectivity index (χ3v) is 3.43. The molecule has 0 bridgehead atoms. The Morgan fingerprint density at radius 2 is 1.95 bits per heavy atom. The molecule has 1 heterocycles. The van der Waals surface area contributed by atoms with Crippen LogP contribution in [0.15, 0.2) is 22.7 Å². The molecule has 1 aliphatic rings. The summed E-state index contributed by atoms with van der Waals surface area (Å²) < 4.78 is 0.562. The smallest absolute Gasteiger partial charge is 0.299 e. The van der Waals surface area contributed by atoms with Crippen molar-refractivity contribution in [3.63, 3.8) is 0 Å². The van der Waals surface area contributed by atoms with Gasteiger partial charge in [-0.25, -0.2) is 0 Å². The van der Waals surface area contributed by atoms with Crippen molar-refractivity contribution in [2.24, 2.45) is 0 Å². The van der Waals surface area contributed by atoms with E-state index >= 15 is 0 Å². The first-order valence-corrected chi connectivity index (χ1v) is 6.96. The molecule has 0 saturated carbocycles. The highest BCUT2D eigenvalue weighted by Gasteiger charge is 2.38. The van der Waals surface area contributed by atoms with Crippen molar-refractivity contribution in [3.8, 4) is 0 Å². The zero-order chi connectivity index (χ0) is 15.1. The zero-order valence-electron chi connectivity index (χ0n) is 11.5. The fourth-order valence-corrected chi connectivity index (χ4v) is 2.60. The molecule has 2 rings (SSSR count). The topological polar surface area (TPSA) is 66.5 Å². The number of nitrogens with zero attached hydrogens (tertiary/aromatic N) is 1. The number of ketones is 1. The van der Waals surface area contributed by atoms with Crippen LogP contribution >= 0.6 is 15.9 Å². The van der Waals surface area contributed by atoms with Crippen LogP contribution in [-0.4, -0.2) is 29.7 Å². The number of fused-ring (bicyclic) bond motifs is 1. The summed E-state index contributed by atoms with van der Waals surface area (Å²) in [6.07, 6.45) is 0. The summed E-state index contributed by atoms with van der Waals surface area (Å²) in [6.45, 7) is 5.40. The average molecular weight is 339 g/mol. The van der Waals surface area contributed by atoms with E-state index in [-0.39, 0.29) is 18.0 Å². The molecular formula is C14H15BrN2O3. The van der Waals surface area contributed by atoms with E-state index < -0.39 is 11.7 Å². The summed E-state index contributed by atoms with van der Waals surface area (Å²) in [7, 11) is 0. The predicted octanol–water partition coefficient (Wildman–Crippen LogP) is 1.89. The molecule has 1 aromatic rings. The molecule has 0 fully saturated rings. The number of carbonyl (C=O) groups excluding carboxylic acids is 3. The lowest BCUT2D eigenvalue weighted by Crippen LogP contribution is -2.47. The zero-order valence-corrected chi connectivity index (χ0v) is 13.1. The first-order chi connectivity index (χ1) is 9.20. The van der Waals surface area contributed by atoms with Crippen molar-refractivity contribution >= 4 is 39.2 Å². The lowest BCUT2D eigenvalue weighted by molar-refractivity contribution is -0.123. The predicted molar refractivity (Wildman–Crippen MR) is 78.7 cm³/mol. The van der Waals surface area contributed by atoms with Gasteiger partial charge < -0.3 is 5.32 Å². The summed E-state index contributed by atoms with van der Waals surface area (Å²) in [5, 5.41) is 2.77. The second-order valence-corrected chi connectivity index (χ2v) is 6.51. The Kier molecular flexibility index (Phi) is 3.69. The molecule has 5 nitrogen and oxygen atoms in total. The quantitative estimate of drug-likeness (QED) is 0.837. The first kappa shape index (κ1) is 14.7. The number of rotatable bonds is 2. The van der Waals surface area contributed by atoms with Crippen LogP contribution in [-0.2, 0) is 9.59 Å². The Hall–Kier alpha value is -1.69. The van der Waals surface area contributed by atoms with E-state index in [4.69, 9.17) is 0 Å². The minimum Gasteiger partial charge on any atom is -0.350 e. The minimum absolute atomic E-state index is 0.161. The van der Waals surface area contributed by atoms with Gasteiger partial charge in [0.15, 0.2) is 0 Å². The second kappa shape index (κ2) is 5.01. The molecule has 1 N–H and O–H groups in total. The first-order valence-electron chi connectivity index (χ1n) is 6.16. The summed E-state index contributed by atoms with van der Waals surface area (Å²) in [5.74, 6) is -1.56. The van der Waals surface area contributed by atoms with E-state index in [1.54, 1.807) is 18.2 Å². The Labute approximate surface area is 125 Å². The lowest BCUT2D eigenvalue weighted by Gasteiger charge is -2.23. The molecule has 1 aliphatic heterocycles. The fourth-order valence-electron chi connectivity index (χ4n) is 2.06. The van der Waals surface area contributed by atoms with Gasteiger partial charge in [0, 0.05) is 10.0 Å². The van der Waals surface area contributed by atoms with Crippen LogP contribution < -0.4 is 10.2 Å². The monoisotopic (exact) mass is 338 g/mol. The van der Waals surface area contributed by atoms with Crippen LogP contribution in [0.3, 0.4) is 0 Å². The van der Waals surface area contributed by atoms with E-state index in [2.05, 4.69) is 21.2 Å². The van der Waals surface area contributed by atoms with Gasteiger partial charge in [0.2, 0.25) is 5.91 Å². The number of nitrogens with one attached hydrogen (secondary N) is 1. The molecule has 0 radical (unpaired) electrons. The van der Waals surface area contributed by atoms with Gasteiger partial charge in [-0.05, 0) is 48.8 Å². The number of benzene rings is 1. The number of carbonyl (C=O) groups is 3. The number of Topliss-reactive ketones (excluding diaryl/α,β-unsaturated/α-hetero) is 1. The number of hydrogen-bond acceptors (Lipinski definition) is 3. The van der Waals surface area contributed by atoms with Gasteiger partial charge in [-0.15, -0.1) is 0 Å². The molecule has 1 aromatic carbocycles. The standard InChI is InChI=1S/C14H15BrN2O3/c1-14(2,3)16-10(18)7-17-9-6-4-5-8(15)11(9)12(19)13(17)20/h4-6H,7H2,1-3H3,(H,16,18). The molecular weight excluding hydrogens is 324 g/mol. The Morgan fingerprint density at radius 1 is 1.30 bits per heavy atom. The maximum atomic E-state index is 12.0. The molecule has 0 aliphatic carbocycles. The molecule has 0 unspecified atom stereocenters. The third kappa shape index (κ3) is 2.75. The second-order valence-electron chi connectivity index (χ2n) is 5.65. The van der Waals surface area contributed by atoms with Crippen molar-refractivity contribution in [1.29, 1.82) is 0 Å². The van der Waals surface area contributed by atoms with Crippen molar-refractivity contribution in [3.05, 3.63) is 28.2 Å². The maximum absolute atomic E-state index is 12.0. The molecule has 0 spiro atoms. The summed E-state index contributed by atoms with van der Waals surface area (Å²) in [4.78, 5) is 37.1. The van der Waals surface area contributed by atoms with Crippen molar-refractivity contribution in [2.75, 3.05) is 11.4 Å². The average Bonchev–Trinajstić information content (AvgIpc) is 2.53. The van der Waals surface area contributed by atoms with E-state index in [1.165, 1.54) is 4.90 Å². The van der Waals surface area contributed by atoms with Crippen LogP contribution in [0.2, 0.25) is 0 Å². The third-order valence-electron chi connectivity index (χ3n) is 2.77. The van der Waals surface area contributed by atoms with Crippen molar-refractivity contribution in [1.82, 2.24) is 5.32 Å². The van der Waals surface area contributed by atoms with E-state index in [1.807, 2.05) is 20.8 Å². The van der Waals surface area contributed by atoms with Gasteiger partial charge in [-0.3, -0.25) is 19.3 Å². The van der Waals surface area contributed by atoms with Crippen LogP contribution in [0, 0.1) is 0 Å². The molecule has 0 atom stereocenters. The van der Waals surface area contributed by atoms with Crippen molar-refractivity contribution in [2.45, 2.75) is 26.3 Å². The van der Waals surface area contributed by atoms with Gasteiger partial charge in [-0.2, -0.15) is 0 Å². The Morgan fingerprint density at radius 3 is 2.55 bits per heavy atom. The Bertz CT molecular complexity index is 605. The number of anilines is 1. The molecule has 20 heavy (non-hydrogen) atoms. The highest BCUT2D eigenvalue weighted by Crippen LogP contribution is 2.33. The van der Waals surface area contributed by atoms with E-state index in [0.717, 1.165) is 0 Å². The van der Waals surface area contributed by atoms with Gasteiger partial charge in [0.1, 0.15) is 6.54 Å². The van der Waals surface area contributed by atoms with Crippen LogP contribution in [0.1, 0.15) is 31.1 Å². The summed E-state index contributed by atoms with van der Waals surface area (Å²) >= 11 is 3.26. The highest BCUT2D eigenvalue weighted by molar-refractivity contribution is 9.10. The van der Waals surface area contributed by atoms with Gasteiger partial charge in [0.05, 0.1) is 11.3 Å². The lowest BCUT2D eigenvalue weighted by atomic mass is 10.1. The number of amides is 2. The van der Waals surface area contributed by atoms with E-state index in [0.29, 0.717) is 15.7 Å². The van der Waals surface area contributed by atoms with E-state index in [9.17, 15) is 14.4 Å².